The van der Waals surface area contributed by atoms with Gasteiger partial charge in [-0.1, -0.05) is 61.7 Å². The molecule has 3 aliphatic rings. The van der Waals surface area contributed by atoms with Gasteiger partial charge in [0.05, 0.1) is 17.4 Å². The normalized spacial score (nSPS) is 20.8. The third kappa shape index (κ3) is 3.68. The number of urea groups is 1. The maximum absolute atomic E-state index is 13.2. The predicted octanol–water partition coefficient (Wildman–Crippen LogP) is 5.77. The van der Waals surface area contributed by atoms with E-state index in [2.05, 4.69) is 41.7 Å². The minimum atomic E-state index is -0.0841. The number of rotatable bonds is 2. The third-order valence-electron chi connectivity index (χ3n) is 6.82. The smallest absolute Gasteiger partial charge is 0.306 e. The molecule has 29 heavy (non-hydrogen) atoms. The zero-order valence-electron chi connectivity index (χ0n) is 16.9. The molecular weight excluding hydrogens is 358 g/mol. The number of anilines is 1. The van der Waals surface area contributed by atoms with Crippen LogP contribution in [0.25, 0.3) is 0 Å². The molecule has 0 radical (unpaired) electrons. The number of hydrogen-bond acceptors (Lipinski definition) is 2. The number of nitrogens with one attached hydrogen (secondary N) is 1. The average molecular weight is 388 g/mol. The molecule has 0 spiro atoms. The molecule has 1 aliphatic heterocycles. The molecule has 150 valence electrons. The molecule has 2 aliphatic carbocycles. The van der Waals surface area contributed by atoms with Crippen molar-refractivity contribution in [2.45, 2.75) is 63.8 Å². The molecule has 1 saturated carbocycles. The van der Waals surface area contributed by atoms with Crippen molar-refractivity contribution < 1.29 is 4.79 Å². The van der Waals surface area contributed by atoms with Crippen LogP contribution in [0.2, 0.25) is 0 Å². The number of amides is 2. The number of hydrogen-bond donors (Lipinski definition) is 1. The van der Waals surface area contributed by atoms with Crippen LogP contribution in [0, 0.1) is 5.92 Å². The highest BCUT2D eigenvalue weighted by Gasteiger charge is 2.32. The summed E-state index contributed by atoms with van der Waals surface area (Å²) in [4.78, 5) is 13.2. The molecule has 0 bridgehead atoms. The molecule has 0 aromatic heterocycles. The summed E-state index contributed by atoms with van der Waals surface area (Å²) in [6.45, 7) is 0. The fourth-order valence-corrected chi connectivity index (χ4v) is 5.21. The number of carbonyl (C=O) groups is 1. The molecule has 4 heteroatoms. The summed E-state index contributed by atoms with van der Waals surface area (Å²) < 4.78 is 0. The van der Waals surface area contributed by atoms with E-state index in [1.54, 1.807) is 5.01 Å². The Morgan fingerprint density at radius 3 is 2.21 bits per heavy atom. The summed E-state index contributed by atoms with van der Waals surface area (Å²) >= 11 is 0. The van der Waals surface area contributed by atoms with Gasteiger partial charge < -0.3 is 5.32 Å². The van der Waals surface area contributed by atoms with Gasteiger partial charge in [-0.05, 0) is 55.7 Å². The number of nitrogens with zero attached hydrogens (tertiary/aromatic N) is 2. The summed E-state index contributed by atoms with van der Waals surface area (Å²) in [6.07, 6.45) is 10.1. The summed E-state index contributed by atoms with van der Waals surface area (Å²) in [5.74, 6) is 0.447. The first kappa shape index (κ1) is 18.4. The standard InChI is InChI=1S/C25H29N3O/c29-25-26-23-13-7-6-12-22(23)24(20-10-2-1-3-11-20)27-28(25)21-16-14-18-8-4-5-9-19(18)15-17-21/h4-9,12-13,20-21H,1-3,10-11,14-17H2,(H,26,29). The van der Waals surface area contributed by atoms with Gasteiger partial charge >= 0.3 is 6.03 Å². The summed E-state index contributed by atoms with van der Waals surface area (Å²) in [7, 11) is 0. The lowest BCUT2D eigenvalue weighted by Crippen LogP contribution is -2.39. The fraction of sp³-hybridized carbons (Fsp3) is 0.440. The Bertz CT molecular complexity index is 902. The molecule has 0 saturated heterocycles. The number of benzene rings is 2. The fourth-order valence-electron chi connectivity index (χ4n) is 5.21. The second-order valence-electron chi connectivity index (χ2n) is 8.64. The summed E-state index contributed by atoms with van der Waals surface area (Å²) in [5.41, 5.74) is 5.96. The van der Waals surface area contributed by atoms with Crippen molar-refractivity contribution in [3.05, 3.63) is 65.2 Å². The van der Waals surface area contributed by atoms with E-state index in [0.717, 1.165) is 42.6 Å². The molecule has 2 aromatic rings. The lowest BCUT2D eigenvalue weighted by atomic mass is 9.83. The van der Waals surface area contributed by atoms with Gasteiger partial charge in [0, 0.05) is 11.5 Å². The van der Waals surface area contributed by atoms with Crippen LogP contribution < -0.4 is 5.32 Å². The Hall–Kier alpha value is -2.62. The number of carbonyl (C=O) groups excluding carboxylic acids is 1. The number of hydrazone groups is 1. The number of fused-ring (bicyclic) bond motifs is 2. The van der Waals surface area contributed by atoms with Gasteiger partial charge in [-0.25, -0.2) is 9.80 Å². The largest absolute Gasteiger partial charge is 0.342 e. The molecule has 4 nitrogen and oxygen atoms in total. The highest BCUT2D eigenvalue weighted by molar-refractivity contribution is 6.10. The molecule has 0 unspecified atom stereocenters. The van der Waals surface area contributed by atoms with Crippen LogP contribution >= 0.6 is 0 Å². The zero-order valence-corrected chi connectivity index (χ0v) is 16.9. The molecule has 0 atom stereocenters. The van der Waals surface area contributed by atoms with E-state index in [-0.39, 0.29) is 12.1 Å². The first-order chi connectivity index (χ1) is 14.3. The molecule has 2 amide bonds. The van der Waals surface area contributed by atoms with Crippen LogP contribution in [0.4, 0.5) is 10.5 Å². The Morgan fingerprint density at radius 2 is 1.48 bits per heavy atom. The highest BCUT2D eigenvalue weighted by Crippen LogP contribution is 2.33. The van der Waals surface area contributed by atoms with Crippen LogP contribution in [0.5, 0.6) is 0 Å². The number of aryl methyl sites for hydroxylation is 2. The minimum absolute atomic E-state index is 0.0841. The SMILES string of the molecule is O=C1Nc2ccccc2C(C2CCCCC2)=NN1C1CCc2ccccc2CC1. The van der Waals surface area contributed by atoms with Crippen LogP contribution in [-0.2, 0) is 12.8 Å². The second-order valence-corrected chi connectivity index (χ2v) is 8.64. The molecule has 1 N–H and O–H groups in total. The van der Waals surface area contributed by atoms with E-state index in [4.69, 9.17) is 5.10 Å². The maximum atomic E-state index is 13.2. The van der Waals surface area contributed by atoms with Crippen LogP contribution in [-0.4, -0.2) is 22.8 Å². The minimum Gasteiger partial charge on any atom is -0.306 e. The lowest BCUT2D eigenvalue weighted by Gasteiger charge is -2.28. The molecule has 1 fully saturated rings. The van der Waals surface area contributed by atoms with Gasteiger partial charge in [0.15, 0.2) is 0 Å². The third-order valence-corrected chi connectivity index (χ3v) is 6.82. The topological polar surface area (TPSA) is 44.7 Å². The first-order valence-corrected chi connectivity index (χ1v) is 11.1. The van der Waals surface area contributed by atoms with Crippen LogP contribution in [0.15, 0.2) is 53.6 Å². The van der Waals surface area contributed by atoms with Crippen molar-refractivity contribution in [3.8, 4) is 0 Å². The van der Waals surface area contributed by atoms with Crippen molar-refractivity contribution in [3.63, 3.8) is 0 Å². The molecule has 2 aromatic carbocycles. The van der Waals surface area contributed by atoms with Gasteiger partial charge in [-0.2, -0.15) is 5.10 Å². The Balaban J connectivity index is 1.48. The van der Waals surface area contributed by atoms with Crippen molar-refractivity contribution in [1.29, 1.82) is 0 Å². The van der Waals surface area contributed by atoms with Crippen molar-refractivity contribution in [2.24, 2.45) is 11.0 Å². The van der Waals surface area contributed by atoms with Gasteiger partial charge in [0.2, 0.25) is 0 Å². The van der Waals surface area contributed by atoms with Crippen molar-refractivity contribution in [2.75, 3.05) is 5.32 Å². The van der Waals surface area contributed by atoms with E-state index in [1.807, 2.05) is 12.1 Å². The maximum Gasteiger partial charge on any atom is 0.342 e. The lowest BCUT2D eigenvalue weighted by molar-refractivity contribution is 0.183. The Morgan fingerprint density at radius 1 is 0.828 bits per heavy atom. The van der Waals surface area contributed by atoms with E-state index in [1.165, 1.54) is 43.2 Å². The van der Waals surface area contributed by atoms with Crippen LogP contribution in [0.3, 0.4) is 0 Å². The second kappa shape index (κ2) is 8.02. The van der Waals surface area contributed by atoms with E-state index in [0.29, 0.717) is 5.92 Å². The monoisotopic (exact) mass is 387 g/mol. The zero-order chi connectivity index (χ0) is 19.6. The average Bonchev–Trinajstić information content (AvgIpc) is 3.06. The highest BCUT2D eigenvalue weighted by atomic mass is 16.2. The van der Waals surface area contributed by atoms with Gasteiger partial charge in [-0.15, -0.1) is 0 Å². The Kier molecular flexibility index (Phi) is 5.09. The van der Waals surface area contributed by atoms with Gasteiger partial charge in [0.25, 0.3) is 0 Å². The van der Waals surface area contributed by atoms with Gasteiger partial charge in [-0.3, -0.25) is 0 Å². The quantitative estimate of drug-likeness (QED) is 0.654. The van der Waals surface area contributed by atoms with Crippen LogP contribution in [0.1, 0.15) is 61.6 Å². The number of para-hydroxylation sites is 1. The van der Waals surface area contributed by atoms with Crippen molar-refractivity contribution >= 4 is 17.4 Å². The Labute approximate surface area is 173 Å². The van der Waals surface area contributed by atoms with E-state index in [9.17, 15) is 4.79 Å². The molecule has 5 rings (SSSR count). The predicted molar refractivity (Wildman–Crippen MR) is 117 cm³/mol. The first-order valence-electron chi connectivity index (χ1n) is 11.1. The van der Waals surface area contributed by atoms with E-state index < -0.39 is 0 Å². The molecule has 1 heterocycles. The van der Waals surface area contributed by atoms with Crippen molar-refractivity contribution in [1.82, 2.24) is 5.01 Å². The van der Waals surface area contributed by atoms with E-state index >= 15 is 0 Å². The summed E-state index contributed by atoms with van der Waals surface area (Å²) in [5, 5.41) is 10.0. The summed E-state index contributed by atoms with van der Waals surface area (Å²) in [6, 6.07) is 16.9. The van der Waals surface area contributed by atoms with Gasteiger partial charge in [0.1, 0.15) is 0 Å². The molecular formula is C25H29N3O.